The molecule has 0 bridgehead atoms. The molecule has 0 unspecified atom stereocenters. The lowest BCUT2D eigenvalue weighted by atomic mass is 10.0. The monoisotopic (exact) mass is 334 g/mol. The van der Waals surface area contributed by atoms with Crippen molar-refractivity contribution in [2.75, 3.05) is 31.3 Å². The molecule has 2 aromatic rings. The topological polar surface area (TPSA) is 66.4 Å². The standard InChI is InChI=1S/C16H22N4O2S/c1-12-14-6-4-5-7-15(14)16(18-17-12)20-10-8-13(9-11-20)19(2)23(3,21)22/h4-7,13H,8-11H2,1-3H3. The highest BCUT2D eigenvalue weighted by molar-refractivity contribution is 7.88. The highest BCUT2D eigenvalue weighted by atomic mass is 32.2. The molecule has 0 spiro atoms. The lowest BCUT2D eigenvalue weighted by Gasteiger charge is -2.36. The lowest BCUT2D eigenvalue weighted by molar-refractivity contribution is 0.313. The van der Waals surface area contributed by atoms with Crippen LogP contribution < -0.4 is 4.90 Å². The van der Waals surface area contributed by atoms with Crippen molar-refractivity contribution in [3.05, 3.63) is 30.0 Å². The molecule has 1 aromatic carbocycles. The Morgan fingerprint density at radius 3 is 2.35 bits per heavy atom. The maximum absolute atomic E-state index is 11.7. The molecule has 0 saturated carbocycles. The molecule has 0 N–H and O–H groups in total. The zero-order valence-corrected chi connectivity index (χ0v) is 14.5. The van der Waals surface area contributed by atoms with E-state index in [0.29, 0.717) is 0 Å². The van der Waals surface area contributed by atoms with E-state index in [1.54, 1.807) is 7.05 Å². The van der Waals surface area contributed by atoms with Gasteiger partial charge in [-0.05, 0) is 19.8 Å². The van der Waals surface area contributed by atoms with Gasteiger partial charge in [0.1, 0.15) is 0 Å². The summed E-state index contributed by atoms with van der Waals surface area (Å²) in [5, 5.41) is 10.9. The van der Waals surface area contributed by atoms with Gasteiger partial charge in [0.2, 0.25) is 10.0 Å². The molecule has 1 fully saturated rings. The Balaban J connectivity index is 1.83. The molecule has 7 heteroatoms. The second-order valence-electron chi connectivity index (χ2n) is 6.15. The number of aromatic nitrogens is 2. The molecule has 3 rings (SSSR count). The molecular formula is C16H22N4O2S. The summed E-state index contributed by atoms with van der Waals surface area (Å²) >= 11 is 0. The van der Waals surface area contributed by atoms with E-state index in [1.807, 2.05) is 19.1 Å². The van der Waals surface area contributed by atoms with Crippen molar-refractivity contribution in [1.29, 1.82) is 0 Å². The number of benzene rings is 1. The van der Waals surface area contributed by atoms with Gasteiger partial charge in [-0.3, -0.25) is 0 Å². The maximum Gasteiger partial charge on any atom is 0.211 e. The fraction of sp³-hybridized carbons (Fsp3) is 0.500. The number of hydrogen-bond donors (Lipinski definition) is 0. The van der Waals surface area contributed by atoms with Gasteiger partial charge in [-0.2, -0.15) is 5.10 Å². The number of anilines is 1. The summed E-state index contributed by atoms with van der Waals surface area (Å²) in [6.07, 6.45) is 2.86. The SMILES string of the molecule is Cc1nnc(N2CCC(N(C)S(C)(=O)=O)CC2)c2ccccc12. The van der Waals surface area contributed by atoms with Gasteiger partial charge in [-0.15, -0.1) is 5.10 Å². The molecule has 1 aliphatic heterocycles. The quantitative estimate of drug-likeness (QED) is 0.856. The van der Waals surface area contributed by atoms with E-state index in [1.165, 1.54) is 10.6 Å². The maximum atomic E-state index is 11.7. The smallest absolute Gasteiger partial charge is 0.211 e. The Labute approximate surface area is 137 Å². The van der Waals surface area contributed by atoms with Crippen LogP contribution in [0, 0.1) is 6.92 Å². The van der Waals surface area contributed by atoms with Crippen molar-refractivity contribution < 1.29 is 8.42 Å². The van der Waals surface area contributed by atoms with Crippen LogP contribution in [0.15, 0.2) is 24.3 Å². The van der Waals surface area contributed by atoms with Crippen molar-refractivity contribution >= 4 is 26.6 Å². The third-order valence-corrected chi connectivity index (χ3v) is 6.00. The Morgan fingerprint density at radius 2 is 1.74 bits per heavy atom. The first-order valence-electron chi connectivity index (χ1n) is 7.78. The van der Waals surface area contributed by atoms with Crippen LogP contribution in [-0.4, -0.2) is 55.4 Å². The largest absolute Gasteiger partial charge is 0.354 e. The van der Waals surface area contributed by atoms with Gasteiger partial charge >= 0.3 is 0 Å². The fourth-order valence-corrected chi connectivity index (χ4v) is 3.92. The fourth-order valence-electron chi connectivity index (χ4n) is 3.17. The molecule has 0 aliphatic carbocycles. The average molecular weight is 334 g/mol. The third kappa shape index (κ3) is 3.16. The van der Waals surface area contributed by atoms with E-state index in [-0.39, 0.29) is 6.04 Å². The second kappa shape index (κ2) is 6.05. The average Bonchev–Trinajstić information content (AvgIpc) is 2.54. The predicted octanol–water partition coefficient (Wildman–Crippen LogP) is 1.80. The first-order chi connectivity index (χ1) is 10.9. The number of rotatable bonds is 3. The van der Waals surface area contributed by atoms with E-state index in [9.17, 15) is 8.42 Å². The Hall–Kier alpha value is -1.73. The summed E-state index contributed by atoms with van der Waals surface area (Å²) in [7, 11) is -1.47. The summed E-state index contributed by atoms with van der Waals surface area (Å²) in [5.41, 5.74) is 0.927. The van der Waals surface area contributed by atoms with Crippen molar-refractivity contribution in [2.45, 2.75) is 25.8 Å². The number of aryl methyl sites for hydroxylation is 1. The minimum atomic E-state index is -3.14. The van der Waals surface area contributed by atoms with Crippen LogP contribution in [0.2, 0.25) is 0 Å². The zero-order chi connectivity index (χ0) is 16.6. The number of sulfonamides is 1. The summed E-state index contributed by atoms with van der Waals surface area (Å²) in [5.74, 6) is 0.895. The molecule has 1 aromatic heterocycles. The number of hydrogen-bond acceptors (Lipinski definition) is 5. The van der Waals surface area contributed by atoms with Gasteiger partial charge in [0.25, 0.3) is 0 Å². The molecule has 23 heavy (non-hydrogen) atoms. The zero-order valence-electron chi connectivity index (χ0n) is 13.7. The van der Waals surface area contributed by atoms with Gasteiger partial charge in [0.05, 0.1) is 11.9 Å². The summed E-state index contributed by atoms with van der Waals surface area (Å²) < 4.78 is 24.9. The van der Waals surface area contributed by atoms with Crippen LogP contribution in [0.5, 0.6) is 0 Å². The van der Waals surface area contributed by atoms with E-state index in [0.717, 1.165) is 48.2 Å². The molecule has 1 aliphatic rings. The van der Waals surface area contributed by atoms with Crippen molar-refractivity contribution in [2.24, 2.45) is 0 Å². The highest BCUT2D eigenvalue weighted by Gasteiger charge is 2.28. The first kappa shape index (κ1) is 16.1. The number of nitrogens with zero attached hydrogens (tertiary/aromatic N) is 4. The van der Waals surface area contributed by atoms with Crippen molar-refractivity contribution in [3.63, 3.8) is 0 Å². The molecule has 6 nitrogen and oxygen atoms in total. The predicted molar refractivity (Wildman–Crippen MR) is 92.1 cm³/mol. The summed E-state index contributed by atoms with van der Waals surface area (Å²) in [6.45, 7) is 3.53. The molecule has 0 atom stereocenters. The van der Waals surface area contributed by atoms with Gasteiger partial charge in [-0.25, -0.2) is 12.7 Å². The van der Waals surface area contributed by atoms with Crippen LogP contribution in [0.4, 0.5) is 5.82 Å². The van der Waals surface area contributed by atoms with E-state index in [2.05, 4.69) is 27.2 Å². The number of piperidine rings is 1. The Morgan fingerprint density at radius 1 is 1.13 bits per heavy atom. The molecule has 1 saturated heterocycles. The lowest BCUT2D eigenvalue weighted by Crippen LogP contribution is -2.45. The summed E-state index contributed by atoms with van der Waals surface area (Å²) in [4.78, 5) is 2.21. The van der Waals surface area contributed by atoms with Crippen LogP contribution in [0.25, 0.3) is 10.8 Å². The van der Waals surface area contributed by atoms with E-state index < -0.39 is 10.0 Å². The van der Waals surface area contributed by atoms with E-state index >= 15 is 0 Å². The van der Waals surface area contributed by atoms with Crippen LogP contribution in [0.3, 0.4) is 0 Å². The van der Waals surface area contributed by atoms with Gasteiger partial charge < -0.3 is 4.90 Å². The minimum Gasteiger partial charge on any atom is -0.354 e. The Bertz CT molecular complexity index is 814. The van der Waals surface area contributed by atoms with Crippen LogP contribution in [0.1, 0.15) is 18.5 Å². The molecule has 0 radical (unpaired) electrons. The highest BCUT2D eigenvalue weighted by Crippen LogP contribution is 2.28. The van der Waals surface area contributed by atoms with Gasteiger partial charge in [0, 0.05) is 37.0 Å². The first-order valence-corrected chi connectivity index (χ1v) is 9.63. The van der Waals surface area contributed by atoms with E-state index in [4.69, 9.17) is 0 Å². The second-order valence-corrected chi connectivity index (χ2v) is 8.19. The van der Waals surface area contributed by atoms with Gasteiger partial charge in [0.15, 0.2) is 5.82 Å². The third-order valence-electron chi connectivity index (χ3n) is 4.65. The Kier molecular flexibility index (Phi) is 4.25. The van der Waals surface area contributed by atoms with Crippen molar-refractivity contribution in [3.8, 4) is 0 Å². The van der Waals surface area contributed by atoms with Crippen LogP contribution >= 0.6 is 0 Å². The van der Waals surface area contributed by atoms with Crippen molar-refractivity contribution in [1.82, 2.24) is 14.5 Å². The molecule has 0 amide bonds. The molecule has 124 valence electrons. The summed E-state index contributed by atoms with van der Waals surface area (Å²) in [6, 6.07) is 8.21. The minimum absolute atomic E-state index is 0.0610. The van der Waals surface area contributed by atoms with Gasteiger partial charge in [-0.1, -0.05) is 24.3 Å². The van der Waals surface area contributed by atoms with Crippen LogP contribution in [-0.2, 0) is 10.0 Å². The number of fused-ring (bicyclic) bond motifs is 1. The molecular weight excluding hydrogens is 312 g/mol. The molecule has 2 heterocycles. The normalized spacial score (nSPS) is 17.1.